The zero-order valence-electron chi connectivity index (χ0n) is 12.0. The van der Waals surface area contributed by atoms with E-state index in [0.29, 0.717) is 5.92 Å². The summed E-state index contributed by atoms with van der Waals surface area (Å²) in [6.07, 6.45) is 5.59. The highest BCUT2D eigenvalue weighted by Crippen LogP contribution is 2.43. The van der Waals surface area contributed by atoms with Gasteiger partial charge in [0, 0.05) is 6.20 Å². The van der Waals surface area contributed by atoms with Crippen molar-refractivity contribution in [2.24, 2.45) is 5.73 Å². The molecule has 2 aromatic rings. The summed E-state index contributed by atoms with van der Waals surface area (Å²) < 4.78 is 5.28. The van der Waals surface area contributed by atoms with E-state index in [1.165, 1.54) is 11.1 Å². The number of nitrogens with two attached hydrogens (primary N) is 1. The van der Waals surface area contributed by atoms with Gasteiger partial charge in [0.15, 0.2) is 0 Å². The summed E-state index contributed by atoms with van der Waals surface area (Å²) in [4.78, 5) is 4.26. The van der Waals surface area contributed by atoms with Crippen molar-refractivity contribution in [3.8, 4) is 5.75 Å². The van der Waals surface area contributed by atoms with Crippen molar-refractivity contribution in [2.75, 3.05) is 7.11 Å². The van der Waals surface area contributed by atoms with Crippen molar-refractivity contribution < 1.29 is 4.74 Å². The summed E-state index contributed by atoms with van der Waals surface area (Å²) in [6, 6.07) is 10.5. The molecular weight excluding hydrogens is 248 g/mol. The maximum atomic E-state index is 6.78. The maximum Gasteiger partial charge on any atom is 0.137 e. The van der Waals surface area contributed by atoms with Gasteiger partial charge in [-0.1, -0.05) is 31.2 Å². The van der Waals surface area contributed by atoms with Crippen molar-refractivity contribution in [3.63, 3.8) is 0 Å². The molecule has 2 unspecified atom stereocenters. The van der Waals surface area contributed by atoms with Crippen LogP contribution in [0.4, 0.5) is 0 Å². The van der Waals surface area contributed by atoms with Gasteiger partial charge in [0.05, 0.1) is 18.8 Å². The molecule has 1 aliphatic rings. The fourth-order valence-electron chi connectivity index (χ4n) is 3.14. The van der Waals surface area contributed by atoms with Crippen LogP contribution < -0.4 is 10.5 Å². The monoisotopic (exact) mass is 268 g/mol. The maximum absolute atomic E-state index is 6.78. The van der Waals surface area contributed by atoms with Crippen molar-refractivity contribution in [1.82, 2.24) is 4.98 Å². The summed E-state index contributed by atoms with van der Waals surface area (Å²) >= 11 is 0. The van der Waals surface area contributed by atoms with Crippen molar-refractivity contribution in [3.05, 3.63) is 59.4 Å². The summed E-state index contributed by atoms with van der Waals surface area (Å²) in [6.45, 7) is 2.27. The van der Waals surface area contributed by atoms with Crippen LogP contribution in [0.15, 0.2) is 42.7 Å². The Balaban J connectivity index is 2.14. The molecule has 1 aliphatic carbocycles. The van der Waals surface area contributed by atoms with Gasteiger partial charge in [0.2, 0.25) is 0 Å². The number of fused-ring (bicyclic) bond motifs is 1. The molecule has 2 N–H and O–H groups in total. The molecule has 0 bridgehead atoms. The molecule has 0 spiro atoms. The predicted molar refractivity (Wildman–Crippen MR) is 79.8 cm³/mol. The fraction of sp³-hybridized carbons (Fsp3) is 0.353. The average Bonchev–Trinajstić information content (AvgIpc) is 2.51. The average molecular weight is 268 g/mol. The Morgan fingerprint density at radius 2 is 2.10 bits per heavy atom. The van der Waals surface area contributed by atoms with E-state index < -0.39 is 5.54 Å². The Morgan fingerprint density at radius 1 is 1.30 bits per heavy atom. The number of nitrogens with zero attached hydrogens (tertiary/aromatic N) is 1. The molecule has 3 rings (SSSR count). The summed E-state index contributed by atoms with van der Waals surface area (Å²) in [7, 11) is 1.65. The molecule has 1 heterocycles. The molecule has 1 aromatic carbocycles. The number of benzene rings is 1. The molecular formula is C17H20N2O. The minimum absolute atomic E-state index is 0.468. The number of pyridine rings is 1. The van der Waals surface area contributed by atoms with E-state index in [2.05, 4.69) is 36.2 Å². The highest BCUT2D eigenvalue weighted by molar-refractivity contribution is 5.46. The Morgan fingerprint density at radius 3 is 2.90 bits per heavy atom. The number of rotatable bonds is 2. The second-order valence-corrected chi connectivity index (χ2v) is 5.61. The first-order valence-electron chi connectivity index (χ1n) is 7.03. The van der Waals surface area contributed by atoms with Crippen LogP contribution in [0.3, 0.4) is 0 Å². The normalized spacial score (nSPS) is 25.1. The van der Waals surface area contributed by atoms with Crippen LogP contribution in [-0.2, 0) is 5.54 Å². The highest BCUT2D eigenvalue weighted by atomic mass is 16.5. The minimum Gasteiger partial charge on any atom is -0.495 e. The Kier molecular flexibility index (Phi) is 3.22. The minimum atomic E-state index is -0.468. The lowest BCUT2D eigenvalue weighted by Crippen LogP contribution is -2.41. The van der Waals surface area contributed by atoms with Crippen molar-refractivity contribution >= 4 is 0 Å². The van der Waals surface area contributed by atoms with Gasteiger partial charge in [-0.2, -0.15) is 0 Å². The lowest BCUT2D eigenvalue weighted by atomic mass is 9.70. The molecule has 3 heteroatoms. The highest BCUT2D eigenvalue weighted by Gasteiger charge is 2.37. The zero-order chi connectivity index (χ0) is 14.2. The quantitative estimate of drug-likeness (QED) is 0.910. The van der Waals surface area contributed by atoms with E-state index in [1.54, 1.807) is 13.3 Å². The third-order valence-corrected chi connectivity index (χ3v) is 4.41. The molecule has 0 radical (unpaired) electrons. The van der Waals surface area contributed by atoms with Gasteiger partial charge in [-0.3, -0.25) is 4.98 Å². The lowest BCUT2D eigenvalue weighted by Gasteiger charge is -2.38. The van der Waals surface area contributed by atoms with Crippen LogP contribution in [0.5, 0.6) is 5.75 Å². The molecule has 1 aromatic heterocycles. The summed E-state index contributed by atoms with van der Waals surface area (Å²) in [5.41, 5.74) is 9.91. The van der Waals surface area contributed by atoms with E-state index in [4.69, 9.17) is 10.5 Å². The van der Waals surface area contributed by atoms with Gasteiger partial charge in [-0.25, -0.2) is 0 Å². The van der Waals surface area contributed by atoms with Crippen LogP contribution in [0.1, 0.15) is 42.4 Å². The van der Waals surface area contributed by atoms with E-state index in [9.17, 15) is 0 Å². The molecule has 20 heavy (non-hydrogen) atoms. The number of methoxy groups -OCH3 is 1. The van der Waals surface area contributed by atoms with E-state index in [1.807, 2.05) is 12.3 Å². The molecule has 104 valence electrons. The largest absolute Gasteiger partial charge is 0.495 e. The Bertz CT molecular complexity index is 626. The van der Waals surface area contributed by atoms with Gasteiger partial charge in [0.1, 0.15) is 5.75 Å². The van der Waals surface area contributed by atoms with E-state index >= 15 is 0 Å². The molecule has 3 nitrogen and oxygen atoms in total. The SMILES string of the molecule is COc1cncc(C2(N)CCC(C)c3ccccc32)c1. The van der Waals surface area contributed by atoms with Gasteiger partial charge in [0.25, 0.3) is 0 Å². The van der Waals surface area contributed by atoms with Gasteiger partial charge in [-0.15, -0.1) is 0 Å². The van der Waals surface area contributed by atoms with Gasteiger partial charge in [-0.05, 0) is 41.5 Å². The second kappa shape index (κ2) is 4.91. The molecule has 0 fully saturated rings. The van der Waals surface area contributed by atoms with Crippen LogP contribution >= 0.6 is 0 Å². The third-order valence-electron chi connectivity index (χ3n) is 4.41. The molecule has 2 atom stereocenters. The molecule has 0 saturated heterocycles. The number of hydrogen-bond donors (Lipinski definition) is 1. The lowest BCUT2D eigenvalue weighted by molar-refractivity contribution is 0.395. The third kappa shape index (κ3) is 1.98. The Hall–Kier alpha value is -1.87. The van der Waals surface area contributed by atoms with Crippen molar-refractivity contribution in [1.29, 1.82) is 0 Å². The zero-order valence-corrected chi connectivity index (χ0v) is 12.0. The second-order valence-electron chi connectivity index (χ2n) is 5.61. The topological polar surface area (TPSA) is 48.1 Å². The first kappa shape index (κ1) is 13.1. The Labute approximate surface area is 119 Å². The fourth-order valence-corrected chi connectivity index (χ4v) is 3.14. The van der Waals surface area contributed by atoms with Crippen LogP contribution in [0, 0.1) is 0 Å². The standard InChI is InChI=1S/C17H20N2O/c1-12-7-8-17(18,16-6-4-3-5-15(12)16)13-9-14(20-2)11-19-10-13/h3-6,9-12H,7-8,18H2,1-2H3. The van der Waals surface area contributed by atoms with Crippen LogP contribution in [0.25, 0.3) is 0 Å². The first-order valence-corrected chi connectivity index (χ1v) is 7.03. The first-order chi connectivity index (χ1) is 9.65. The van der Waals surface area contributed by atoms with Crippen LogP contribution in [0.2, 0.25) is 0 Å². The number of hydrogen-bond acceptors (Lipinski definition) is 3. The molecule has 0 amide bonds. The van der Waals surface area contributed by atoms with Crippen molar-refractivity contribution in [2.45, 2.75) is 31.2 Å². The van der Waals surface area contributed by atoms with Gasteiger partial charge < -0.3 is 10.5 Å². The van der Waals surface area contributed by atoms with Crippen LogP contribution in [-0.4, -0.2) is 12.1 Å². The predicted octanol–water partition coefficient (Wildman–Crippen LogP) is 3.19. The summed E-state index contributed by atoms with van der Waals surface area (Å²) in [5, 5.41) is 0. The molecule has 0 saturated carbocycles. The number of aromatic nitrogens is 1. The summed E-state index contributed by atoms with van der Waals surface area (Å²) in [5.74, 6) is 1.31. The van der Waals surface area contributed by atoms with E-state index in [0.717, 1.165) is 24.2 Å². The van der Waals surface area contributed by atoms with E-state index in [-0.39, 0.29) is 0 Å². The number of ether oxygens (including phenoxy) is 1. The molecule has 0 aliphatic heterocycles. The van der Waals surface area contributed by atoms with Gasteiger partial charge >= 0.3 is 0 Å². The smallest absolute Gasteiger partial charge is 0.137 e.